The SMILES string of the molecule is c1ccc2c(-c3ccc4[nH]c5ccc(-c6csc7ccccc67)cc5c4c3)csc2c1. The van der Waals surface area contributed by atoms with E-state index in [1.54, 1.807) is 0 Å². The minimum Gasteiger partial charge on any atom is -0.355 e. The third kappa shape index (κ3) is 2.61. The molecule has 0 amide bonds. The quantitative estimate of drug-likeness (QED) is 0.281. The fraction of sp³-hybridized carbons (Fsp3) is 0. The molecule has 0 saturated carbocycles. The summed E-state index contributed by atoms with van der Waals surface area (Å²) in [5.41, 5.74) is 7.55. The third-order valence-electron chi connectivity index (χ3n) is 6.18. The summed E-state index contributed by atoms with van der Waals surface area (Å²) in [6.45, 7) is 0. The lowest BCUT2D eigenvalue weighted by Gasteiger charge is -2.03. The van der Waals surface area contributed by atoms with Crippen molar-refractivity contribution in [2.75, 3.05) is 0 Å². The molecule has 7 aromatic rings. The average Bonchev–Trinajstić information content (AvgIpc) is 3.53. The molecule has 3 heterocycles. The number of benzene rings is 4. The molecule has 4 aromatic carbocycles. The van der Waals surface area contributed by atoms with Crippen LogP contribution in [0.3, 0.4) is 0 Å². The number of nitrogens with one attached hydrogen (secondary N) is 1. The summed E-state index contributed by atoms with van der Waals surface area (Å²) in [6.07, 6.45) is 0. The summed E-state index contributed by atoms with van der Waals surface area (Å²) in [6, 6.07) is 30.9. The summed E-state index contributed by atoms with van der Waals surface area (Å²) in [7, 11) is 0. The van der Waals surface area contributed by atoms with Gasteiger partial charge in [0, 0.05) is 53.1 Å². The highest BCUT2D eigenvalue weighted by molar-refractivity contribution is 7.18. The van der Waals surface area contributed by atoms with Gasteiger partial charge in [-0.05, 0) is 58.3 Å². The second-order valence-electron chi connectivity index (χ2n) is 7.94. The zero-order valence-electron chi connectivity index (χ0n) is 16.6. The number of aromatic amines is 1. The zero-order chi connectivity index (χ0) is 20.4. The van der Waals surface area contributed by atoms with Gasteiger partial charge in [0.15, 0.2) is 0 Å². The highest BCUT2D eigenvalue weighted by Gasteiger charge is 2.12. The largest absolute Gasteiger partial charge is 0.355 e. The van der Waals surface area contributed by atoms with E-state index in [0.29, 0.717) is 0 Å². The molecule has 3 heteroatoms. The maximum absolute atomic E-state index is 3.60. The van der Waals surface area contributed by atoms with E-state index in [-0.39, 0.29) is 0 Å². The lowest BCUT2D eigenvalue weighted by Crippen LogP contribution is -1.77. The highest BCUT2D eigenvalue weighted by atomic mass is 32.1. The van der Waals surface area contributed by atoms with Crippen molar-refractivity contribution in [2.24, 2.45) is 0 Å². The first-order valence-electron chi connectivity index (χ1n) is 10.3. The molecule has 0 aliphatic carbocycles. The molecular weight excluding hydrogens is 414 g/mol. The van der Waals surface area contributed by atoms with Crippen LogP contribution in [-0.4, -0.2) is 4.98 Å². The van der Waals surface area contributed by atoms with Crippen LogP contribution < -0.4 is 0 Å². The van der Waals surface area contributed by atoms with Gasteiger partial charge in [0.1, 0.15) is 0 Å². The van der Waals surface area contributed by atoms with Crippen molar-refractivity contribution in [3.8, 4) is 22.3 Å². The van der Waals surface area contributed by atoms with Gasteiger partial charge in [0.25, 0.3) is 0 Å². The van der Waals surface area contributed by atoms with Crippen molar-refractivity contribution in [3.05, 3.63) is 95.7 Å². The summed E-state index contributed by atoms with van der Waals surface area (Å²) < 4.78 is 2.67. The second kappa shape index (κ2) is 6.55. The monoisotopic (exact) mass is 431 g/mol. The molecule has 0 spiro atoms. The summed E-state index contributed by atoms with van der Waals surface area (Å²) in [5, 5.41) is 9.79. The van der Waals surface area contributed by atoms with Crippen LogP contribution in [0.4, 0.5) is 0 Å². The van der Waals surface area contributed by atoms with E-state index in [9.17, 15) is 0 Å². The fourth-order valence-corrected chi connectivity index (χ4v) is 6.57. The lowest BCUT2D eigenvalue weighted by molar-refractivity contribution is 1.55. The lowest BCUT2D eigenvalue weighted by atomic mass is 10.00. The smallest absolute Gasteiger partial charge is 0.0465 e. The third-order valence-corrected chi connectivity index (χ3v) is 8.11. The first kappa shape index (κ1) is 17.3. The van der Waals surface area contributed by atoms with E-state index in [1.165, 1.54) is 64.2 Å². The molecule has 0 atom stereocenters. The fourth-order valence-electron chi connectivity index (χ4n) is 4.64. The number of fused-ring (bicyclic) bond motifs is 5. The van der Waals surface area contributed by atoms with Gasteiger partial charge in [-0.3, -0.25) is 0 Å². The van der Waals surface area contributed by atoms with E-state index < -0.39 is 0 Å². The predicted molar refractivity (Wildman–Crippen MR) is 137 cm³/mol. The standard InChI is InChI=1S/C28H17NS2/c1-3-7-27-19(5-1)23(15-30-27)17-9-11-25-21(13-17)22-14-18(10-12-26(22)29-25)24-16-31-28-8-4-2-6-20(24)28/h1-16,29H. The Bertz CT molecular complexity index is 1620. The minimum atomic E-state index is 1.19. The highest BCUT2D eigenvalue weighted by Crippen LogP contribution is 2.39. The van der Waals surface area contributed by atoms with Crippen molar-refractivity contribution in [2.45, 2.75) is 0 Å². The Labute approximate surface area is 187 Å². The van der Waals surface area contributed by atoms with Crippen LogP contribution >= 0.6 is 22.7 Å². The zero-order valence-corrected chi connectivity index (χ0v) is 18.2. The topological polar surface area (TPSA) is 15.8 Å². The van der Waals surface area contributed by atoms with E-state index >= 15 is 0 Å². The number of hydrogen-bond acceptors (Lipinski definition) is 2. The minimum absolute atomic E-state index is 1.19. The van der Waals surface area contributed by atoms with Crippen molar-refractivity contribution in [1.29, 1.82) is 0 Å². The first-order chi connectivity index (χ1) is 15.3. The van der Waals surface area contributed by atoms with Crippen LogP contribution in [0.2, 0.25) is 0 Å². The molecule has 0 aliphatic rings. The Morgan fingerprint density at radius 2 is 0.968 bits per heavy atom. The maximum atomic E-state index is 3.60. The Hall–Kier alpha value is -3.40. The molecule has 0 radical (unpaired) electrons. The number of rotatable bonds is 2. The molecule has 0 unspecified atom stereocenters. The molecule has 1 nitrogen and oxygen atoms in total. The summed E-state index contributed by atoms with van der Waals surface area (Å²) in [4.78, 5) is 3.60. The summed E-state index contributed by atoms with van der Waals surface area (Å²) >= 11 is 3.63. The molecule has 0 saturated heterocycles. The molecular formula is C28H17NS2. The molecule has 1 N–H and O–H groups in total. The van der Waals surface area contributed by atoms with Crippen LogP contribution in [0.1, 0.15) is 0 Å². The van der Waals surface area contributed by atoms with Crippen LogP contribution in [0.5, 0.6) is 0 Å². The average molecular weight is 432 g/mol. The second-order valence-corrected chi connectivity index (χ2v) is 9.76. The number of thiophene rings is 2. The molecule has 0 fully saturated rings. The van der Waals surface area contributed by atoms with E-state index in [0.717, 1.165) is 0 Å². The molecule has 3 aromatic heterocycles. The molecule has 0 bridgehead atoms. The van der Waals surface area contributed by atoms with Crippen molar-refractivity contribution in [3.63, 3.8) is 0 Å². The van der Waals surface area contributed by atoms with Gasteiger partial charge in [-0.1, -0.05) is 48.5 Å². The van der Waals surface area contributed by atoms with Gasteiger partial charge in [0.2, 0.25) is 0 Å². The normalized spacial score (nSPS) is 11.9. The molecule has 0 aliphatic heterocycles. The van der Waals surface area contributed by atoms with Gasteiger partial charge in [0.05, 0.1) is 0 Å². The van der Waals surface area contributed by atoms with E-state index in [1.807, 2.05) is 22.7 Å². The predicted octanol–water partition coefficient (Wildman–Crippen LogP) is 9.08. The van der Waals surface area contributed by atoms with Gasteiger partial charge < -0.3 is 4.98 Å². The van der Waals surface area contributed by atoms with Crippen molar-refractivity contribution < 1.29 is 0 Å². The van der Waals surface area contributed by atoms with Crippen LogP contribution in [-0.2, 0) is 0 Å². The van der Waals surface area contributed by atoms with Crippen LogP contribution in [0.25, 0.3) is 64.2 Å². The Balaban J connectivity index is 1.45. The molecule has 146 valence electrons. The Kier molecular flexibility index (Phi) is 3.65. The van der Waals surface area contributed by atoms with Crippen molar-refractivity contribution >= 4 is 64.7 Å². The Morgan fingerprint density at radius 3 is 1.48 bits per heavy atom. The van der Waals surface area contributed by atoms with Gasteiger partial charge in [-0.2, -0.15) is 0 Å². The number of H-pyrrole nitrogens is 1. The van der Waals surface area contributed by atoms with Gasteiger partial charge in [-0.15, -0.1) is 22.7 Å². The summed E-state index contributed by atoms with van der Waals surface area (Å²) in [5.74, 6) is 0. The van der Waals surface area contributed by atoms with E-state index in [2.05, 4.69) is 101 Å². The number of aromatic nitrogens is 1. The Morgan fingerprint density at radius 1 is 0.484 bits per heavy atom. The van der Waals surface area contributed by atoms with E-state index in [4.69, 9.17) is 0 Å². The van der Waals surface area contributed by atoms with Gasteiger partial charge >= 0.3 is 0 Å². The first-order valence-corrected chi connectivity index (χ1v) is 12.1. The molecule has 31 heavy (non-hydrogen) atoms. The van der Waals surface area contributed by atoms with Crippen LogP contribution in [0.15, 0.2) is 95.7 Å². The molecule has 7 rings (SSSR count). The van der Waals surface area contributed by atoms with Crippen molar-refractivity contribution in [1.82, 2.24) is 4.98 Å². The van der Waals surface area contributed by atoms with Crippen LogP contribution in [0, 0.1) is 0 Å². The number of hydrogen-bond donors (Lipinski definition) is 1. The van der Waals surface area contributed by atoms with Gasteiger partial charge in [-0.25, -0.2) is 0 Å². The maximum Gasteiger partial charge on any atom is 0.0465 e.